The predicted molar refractivity (Wildman–Crippen MR) is 101 cm³/mol. The zero-order valence-electron chi connectivity index (χ0n) is 14.0. The summed E-state index contributed by atoms with van der Waals surface area (Å²) in [5.41, 5.74) is 1.85. The Morgan fingerprint density at radius 3 is 2.72 bits per heavy atom. The highest BCUT2D eigenvalue weighted by Gasteiger charge is 2.28. The number of pyridine rings is 1. The summed E-state index contributed by atoms with van der Waals surface area (Å²) in [6.07, 6.45) is 6.18. The van der Waals surface area contributed by atoms with Gasteiger partial charge in [-0.2, -0.15) is 0 Å². The smallest absolute Gasteiger partial charge is 0.157 e. The van der Waals surface area contributed by atoms with Gasteiger partial charge in [0.1, 0.15) is 5.82 Å². The predicted octanol–water partition coefficient (Wildman–Crippen LogP) is 4.02. The van der Waals surface area contributed by atoms with E-state index in [9.17, 15) is 4.39 Å². The lowest BCUT2D eigenvalue weighted by atomic mass is 10.0. The van der Waals surface area contributed by atoms with E-state index in [1.54, 1.807) is 18.2 Å². The molecule has 4 rings (SSSR count). The molecule has 1 N–H and O–H groups in total. The molecule has 3 heterocycles. The SMILES string of the molecule is CN1C=CN(C2CCNCC2)c2nc(-c3ccccc3F)c(Cl)cc21. The molecule has 1 aromatic heterocycles. The Hall–Kier alpha value is -2.11. The Bertz CT molecular complexity index is 817. The van der Waals surface area contributed by atoms with Gasteiger partial charge in [0.2, 0.25) is 0 Å². The maximum atomic E-state index is 14.3. The Morgan fingerprint density at radius 1 is 1.20 bits per heavy atom. The normalized spacial score (nSPS) is 17.7. The van der Waals surface area contributed by atoms with Gasteiger partial charge in [0.25, 0.3) is 0 Å². The van der Waals surface area contributed by atoms with Gasteiger partial charge < -0.3 is 15.1 Å². The highest BCUT2D eigenvalue weighted by molar-refractivity contribution is 6.33. The fourth-order valence-electron chi connectivity index (χ4n) is 3.46. The lowest BCUT2D eigenvalue weighted by Crippen LogP contribution is -2.42. The van der Waals surface area contributed by atoms with Crippen molar-refractivity contribution in [2.75, 3.05) is 29.9 Å². The first-order valence-corrected chi connectivity index (χ1v) is 8.88. The van der Waals surface area contributed by atoms with Crippen LogP contribution in [0.3, 0.4) is 0 Å². The van der Waals surface area contributed by atoms with Gasteiger partial charge in [-0.3, -0.25) is 0 Å². The fraction of sp³-hybridized carbons (Fsp3) is 0.316. The van der Waals surface area contributed by atoms with Crippen LogP contribution in [0, 0.1) is 5.82 Å². The number of hydrogen-bond donors (Lipinski definition) is 1. The van der Waals surface area contributed by atoms with E-state index in [0.717, 1.165) is 37.4 Å². The summed E-state index contributed by atoms with van der Waals surface area (Å²) in [6.45, 7) is 1.99. The average molecular weight is 359 g/mol. The molecular formula is C19H20ClFN4. The van der Waals surface area contributed by atoms with Gasteiger partial charge in [-0.15, -0.1) is 0 Å². The van der Waals surface area contributed by atoms with Gasteiger partial charge >= 0.3 is 0 Å². The summed E-state index contributed by atoms with van der Waals surface area (Å²) in [4.78, 5) is 8.99. The number of halogens is 2. The molecule has 0 radical (unpaired) electrons. The van der Waals surface area contributed by atoms with Crippen LogP contribution in [-0.4, -0.2) is 31.2 Å². The number of fused-ring (bicyclic) bond motifs is 1. The third kappa shape index (κ3) is 2.98. The number of nitrogens with one attached hydrogen (secondary N) is 1. The van der Waals surface area contributed by atoms with Gasteiger partial charge in [0.15, 0.2) is 5.82 Å². The summed E-state index contributed by atoms with van der Waals surface area (Å²) in [6, 6.07) is 8.88. The number of aromatic nitrogens is 1. The maximum Gasteiger partial charge on any atom is 0.157 e. The molecule has 1 saturated heterocycles. The van der Waals surface area contributed by atoms with E-state index in [1.165, 1.54) is 6.07 Å². The molecule has 0 spiro atoms. The first kappa shape index (κ1) is 16.4. The topological polar surface area (TPSA) is 31.4 Å². The molecule has 4 nitrogen and oxygen atoms in total. The highest BCUT2D eigenvalue weighted by atomic mass is 35.5. The Balaban J connectivity index is 1.82. The molecule has 0 saturated carbocycles. The van der Waals surface area contributed by atoms with Crippen molar-refractivity contribution in [3.8, 4) is 11.3 Å². The molecule has 1 fully saturated rings. The number of nitrogens with zero attached hydrogens (tertiary/aromatic N) is 3. The fourth-order valence-corrected chi connectivity index (χ4v) is 3.71. The Labute approximate surface area is 151 Å². The second kappa shape index (κ2) is 6.65. The largest absolute Gasteiger partial charge is 0.347 e. The molecule has 1 aromatic carbocycles. The van der Waals surface area contributed by atoms with Crippen molar-refractivity contribution >= 4 is 23.1 Å². The summed E-state index contributed by atoms with van der Waals surface area (Å²) in [7, 11) is 1.97. The van der Waals surface area contributed by atoms with Crippen LogP contribution in [0.5, 0.6) is 0 Å². The van der Waals surface area contributed by atoms with E-state index in [4.69, 9.17) is 16.6 Å². The maximum absolute atomic E-state index is 14.3. The molecule has 0 bridgehead atoms. The Kier molecular flexibility index (Phi) is 4.36. The molecule has 2 aliphatic heterocycles. The van der Waals surface area contributed by atoms with Crippen LogP contribution in [0.15, 0.2) is 42.7 Å². The van der Waals surface area contributed by atoms with Crippen molar-refractivity contribution in [3.63, 3.8) is 0 Å². The lowest BCUT2D eigenvalue weighted by molar-refractivity contribution is 0.448. The first-order valence-electron chi connectivity index (χ1n) is 8.51. The van der Waals surface area contributed by atoms with Gasteiger partial charge in [0.05, 0.1) is 16.4 Å². The second-order valence-corrected chi connectivity index (χ2v) is 6.85. The van der Waals surface area contributed by atoms with Crippen LogP contribution in [0.25, 0.3) is 11.3 Å². The number of benzene rings is 1. The van der Waals surface area contributed by atoms with E-state index in [1.807, 2.05) is 24.2 Å². The van der Waals surface area contributed by atoms with E-state index in [-0.39, 0.29) is 5.82 Å². The van der Waals surface area contributed by atoms with Crippen molar-refractivity contribution in [2.24, 2.45) is 0 Å². The van der Waals surface area contributed by atoms with Crippen LogP contribution >= 0.6 is 11.6 Å². The van der Waals surface area contributed by atoms with E-state index >= 15 is 0 Å². The molecule has 25 heavy (non-hydrogen) atoms. The molecule has 0 aliphatic carbocycles. The molecule has 2 aliphatic rings. The summed E-state index contributed by atoms with van der Waals surface area (Å²) < 4.78 is 14.3. The molecular weight excluding hydrogens is 339 g/mol. The van der Waals surface area contributed by atoms with Gasteiger partial charge in [-0.25, -0.2) is 9.37 Å². The number of hydrogen-bond acceptors (Lipinski definition) is 4. The third-order valence-electron chi connectivity index (χ3n) is 4.84. The summed E-state index contributed by atoms with van der Waals surface area (Å²) >= 11 is 6.46. The molecule has 6 heteroatoms. The molecule has 130 valence electrons. The second-order valence-electron chi connectivity index (χ2n) is 6.44. The van der Waals surface area contributed by atoms with E-state index in [0.29, 0.717) is 22.3 Å². The molecule has 0 unspecified atom stereocenters. The van der Waals surface area contributed by atoms with E-state index in [2.05, 4.69) is 16.4 Å². The van der Waals surface area contributed by atoms with Crippen molar-refractivity contribution < 1.29 is 4.39 Å². The zero-order chi connectivity index (χ0) is 17.4. The lowest BCUT2D eigenvalue weighted by Gasteiger charge is -2.38. The number of piperidine rings is 1. The van der Waals surface area contributed by atoms with Crippen LogP contribution in [0.1, 0.15) is 12.8 Å². The number of rotatable bonds is 2. The van der Waals surface area contributed by atoms with Gasteiger partial charge in [0, 0.05) is 31.1 Å². The highest BCUT2D eigenvalue weighted by Crippen LogP contribution is 2.40. The molecule has 0 amide bonds. The van der Waals surface area contributed by atoms with E-state index < -0.39 is 0 Å². The van der Waals surface area contributed by atoms with Crippen molar-refractivity contribution in [1.82, 2.24) is 10.3 Å². The van der Waals surface area contributed by atoms with Crippen LogP contribution < -0.4 is 15.1 Å². The van der Waals surface area contributed by atoms with Crippen molar-refractivity contribution in [1.29, 1.82) is 0 Å². The van der Waals surface area contributed by atoms with Crippen molar-refractivity contribution in [3.05, 3.63) is 53.6 Å². The Morgan fingerprint density at radius 2 is 1.96 bits per heavy atom. The standard InChI is InChI=1S/C19H20ClFN4/c1-24-10-11-25(13-6-8-22-9-7-13)19-17(24)12-15(20)18(23-19)14-4-2-3-5-16(14)21/h2-5,10-13,22H,6-9H2,1H3. The summed E-state index contributed by atoms with van der Waals surface area (Å²) in [5, 5.41) is 3.84. The minimum absolute atomic E-state index is 0.315. The zero-order valence-corrected chi connectivity index (χ0v) is 14.8. The third-order valence-corrected chi connectivity index (χ3v) is 5.13. The molecule has 0 atom stereocenters. The molecule has 2 aromatic rings. The van der Waals surface area contributed by atoms with Gasteiger partial charge in [-0.05, 0) is 44.1 Å². The van der Waals surface area contributed by atoms with Crippen LogP contribution in [0.4, 0.5) is 15.9 Å². The minimum Gasteiger partial charge on any atom is -0.347 e. The number of anilines is 2. The monoisotopic (exact) mass is 358 g/mol. The van der Waals surface area contributed by atoms with Crippen molar-refractivity contribution in [2.45, 2.75) is 18.9 Å². The minimum atomic E-state index is -0.315. The van der Waals surface area contributed by atoms with Crippen LogP contribution in [0.2, 0.25) is 5.02 Å². The average Bonchev–Trinajstić information content (AvgIpc) is 2.63. The quantitative estimate of drug-likeness (QED) is 0.878. The first-order chi connectivity index (χ1) is 12.1. The summed E-state index contributed by atoms with van der Waals surface area (Å²) in [5.74, 6) is 0.518. The van der Waals surface area contributed by atoms with Crippen LogP contribution in [-0.2, 0) is 0 Å². The van der Waals surface area contributed by atoms with Gasteiger partial charge in [-0.1, -0.05) is 23.7 Å².